The van der Waals surface area contributed by atoms with Gasteiger partial charge in [0.2, 0.25) is 0 Å². The number of fused-ring (bicyclic) bond motifs is 1. The summed E-state index contributed by atoms with van der Waals surface area (Å²) in [6.07, 6.45) is 0. The van der Waals surface area contributed by atoms with Crippen LogP contribution in [-0.2, 0) is 6.54 Å². The molecule has 0 aliphatic carbocycles. The molecule has 0 bridgehead atoms. The smallest absolute Gasteiger partial charge is 0.178 e. The molecule has 0 aliphatic rings. The molecule has 1 aromatic heterocycles. The Morgan fingerprint density at radius 2 is 1.90 bits per heavy atom. The number of halogens is 3. The number of aromatic amines is 1. The largest absolute Gasteiger partial charge is 0.331 e. The lowest BCUT2D eigenvalue weighted by molar-refractivity contribution is 0.600. The molecule has 6 heteroatoms. The molecule has 3 aromatic rings. The summed E-state index contributed by atoms with van der Waals surface area (Å²) in [5.41, 5.74) is 1.90. The van der Waals surface area contributed by atoms with Crippen LogP contribution in [0.4, 0.5) is 8.78 Å². The highest BCUT2D eigenvalue weighted by atomic mass is 127. The molecule has 0 atom stereocenters. The van der Waals surface area contributed by atoms with Gasteiger partial charge in [-0.1, -0.05) is 18.2 Å². The SMILES string of the molecule is Fc1cc2c(cc1I)[nH]c(=S)n2Cc1ccccc1F. The Morgan fingerprint density at radius 1 is 1.15 bits per heavy atom. The molecule has 0 fully saturated rings. The van der Waals surface area contributed by atoms with Gasteiger partial charge in [0.25, 0.3) is 0 Å². The molecule has 1 heterocycles. The lowest BCUT2D eigenvalue weighted by atomic mass is 10.2. The van der Waals surface area contributed by atoms with Crippen molar-refractivity contribution < 1.29 is 8.78 Å². The van der Waals surface area contributed by atoms with Crippen LogP contribution in [0.2, 0.25) is 0 Å². The molecule has 2 aromatic carbocycles. The van der Waals surface area contributed by atoms with Gasteiger partial charge in [-0.05, 0) is 46.9 Å². The van der Waals surface area contributed by atoms with Crippen molar-refractivity contribution in [1.82, 2.24) is 9.55 Å². The number of nitrogens with one attached hydrogen (secondary N) is 1. The molecular formula is C14H9F2IN2S. The fraction of sp³-hybridized carbons (Fsp3) is 0.0714. The lowest BCUT2D eigenvalue weighted by Gasteiger charge is -2.06. The van der Waals surface area contributed by atoms with E-state index in [2.05, 4.69) is 4.98 Å². The van der Waals surface area contributed by atoms with Gasteiger partial charge < -0.3 is 9.55 Å². The van der Waals surface area contributed by atoms with Crippen LogP contribution in [0.3, 0.4) is 0 Å². The summed E-state index contributed by atoms with van der Waals surface area (Å²) >= 11 is 7.17. The van der Waals surface area contributed by atoms with Gasteiger partial charge in [0.05, 0.1) is 21.1 Å². The van der Waals surface area contributed by atoms with Crippen molar-refractivity contribution in [3.8, 4) is 0 Å². The van der Waals surface area contributed by atoms with Gasteiger partial charge in [-0.15, -0.1) is 0 Å². The van der Waals surface area contributed by atoms with E-state index in [-0.39, 0.29) is 18.2 Å². The minimum atomic E-state index is -0.311. The minimum absolute atomic E-state index is 0.269. The molecule has 0 saturated carbocycles. The average molecular weight is 402 g/mol. The first-order valence-corrected chi connectivity index (χ1v) is 7.36. The highest BCUT2D eigenvalue weighted by Gasteiger charge is 2.10. The quantitative estimate of drug-likeness (QED) is 0.490. The summed E-state index contributed by atoms with van der Waals surface area (Å²) in [6, 6.07) is 9.61. The molecule has 0 saturated heterocycles. The van der Waals surface area contributed by atoms with Crippen molar-refractivity contribution in [2.24, 2.45) is 0 Å². The van der Waals surface area contributed by atoms with E-state index in [4.69, 9.17) is 12.2 Å². The van der Waals surface area contributed by atoms with Crippen LogP contribution < -0.4 is 0 Å². The average Bonchev–Trinajstić information content (AvgIpc) is 2.69. The van der Waals surface area contributed by atoms with Gasteiger partial charge in [0, 0.05) is 11.6 Å². The number of hydrogen-bond acceptors (Lipinski definition) is 1. The Morgan fingerprint density at radius 3 is 2.65 bits per heavy atom. The standard InChI is InChI=1S/C14H9F2IN2S/c15-9-4-2-1-3-8(9)7-19-13-5-10(16)11(17)6-12(13)18-14(19)20/h1-6H,7H2,(H,18,20). The fourth-order valence-electron chi connectivity index (χ4n) is 2.11. The van der Waals surface area contributed by atoms with E-state index in [9.17, 15) is 8.78 Å². The Kier molecular flexibility index (Phi) is 3.59. The second kappa shape index (κ2) is 5.25. The van der Waals surface area contributed by atoms with Crippen LogP contribution in [0, 0.1) is 20.0 Å². The summed E-state index contributed by atoms with van der Waals surface area (Å²) in [7, 11) is 0. The first kappa shape index (κ1) is 13.7. The van der Waals surface area contributed by atoms with E-state index in [1.165, 1.54) is 12.1 Å². The Balaban J connectivity index is 2.17. The first-order valence-electron chi connectivity index (χ1n) is 5.87. The van der Waals surface area contributed by atoms with Crippen LogP contribution in [0.15, 0.2) is 36.4 Å². The van der Waals surface area contributed by atoms with Gasteiger partial charge in [-0.25, -0.2) is 8.78 Å². The zero-order valence-corrected chi connectivity index (χ0v) is 13.1. The maximum Gasteiger partial charge on any atom is 0.178 e. The molecule has 0 amide bonds. The molecule has 3 rings (SSSR count). The molecule has 0 radical (unpaired) electrons. The number of imidazole rings is 1. The second-order valence-corrected chi connectivity index (χ2v) is 5.94. The Labute approximate surface area is 132 Å². The van der Waals surface area contributed by atoms with E-state index in [1.807, 2.05) is 22.6 Å². The minimum Gasteiger partial charge on any atom is -0.331 e. The Hall–Kier alpha value is -1.28. The number of rotatable bonds is 2. The summed E-state index contributed by atoms with van der Waals surface area (Å²) in [5, 5.41) is 0. The number of H-pyrrole nitrogens is 1. The van der Waals surface area contributed by atoms with Crippen molar-refractivity contribution in [3.63, 3.8) is 0 Å². The van der Waals surface area contributed by atoms with E-state index in [1.54, 1.807) is 28.8 Å². The maximum absolute atomic E-state index is 13.7. The third kappa shape index (κ3) is 2.37. The fourth-order valence-corrected chi connectivity index (χ4v) is 2.85. The summed E-state index contributed by atoms with van der Waals surface area (Å²) in [5.74, 6) is -0.607. The zero-order chi connectivity index (χ0) is 14.3. The van der Waals surface area contributed by atoms with E-state index in [0.29, 0.717) is 19.4 Å². The van der Waals surface area contributed by atoms with Crippen molar-refractivity contribution >= 4 is 45.8 Å². The molecule has 2 nitrogen and oxygen atoms in total. The molecule has 1 N–H and O–H groups in total. The van der Waals surface area contributed by atoms with Crippen LogP contribution >= 0.6 is 34.8 Å². The monoisotopic (exact) mass is 402 g/mol. The number of hydrogen-bond donors (Lipinski definition) is 1. The molecular weight excluding hydrogens is 393 g/mol. The van der Waals surface area contributed by atoms with Crippen LogP contribution in [0.1, 0.15) is 5.56 Å². The van der Waals surface area contributed by atoms with Gasteiger partial charge in [-0.3, -0.25) is 0 Å². The summed E-state index contributed by atoms with van der Waals surface area (Å²) in [4.78, 5) is 3.02. The van der Waals surface area contributed by atoms with Gasteiger partial charge >= 0.3 is 0 Å². The predicted octanol–water partition coefficient (Wildman–Crippen LogP) is 4.63. The van der Waals surface area contributed by atoms with Gasteiger partial charge in [-0.2, -0.15) is 0 Å². The molecule has 0 spiro atoms. The van der Waals surface area contributed by atoms with E-state index in [0.717, 1.165) is 5.52 Å². The third-order valence-electron chi connectivity index (χ3n) is 3.10. The second-order valence-electron chi connectivity index (χ2n) is 4.39. The van der Waals surface area contributed by atoms with Crippen LogP contribution in [-0.4, -0.2) is 9.55 Å². The topological polar surface area (TPSA) is 20.7 Å². The first-order chi connectivity index (χ1) is 9.56. The molecule has 0 unspecified atom stereocenters. The predicted molar refractivity (Wildman–Crippen MR) is 85.3 cm³/mol. The molecule has 0 aliphatic heterocycles. The van der Waals surface area contributed by atoms with E-state index >= 15 is 0 Å². The number of benzene rings is 2. The number of aromatic nitrogens is 2. The normalized spacial score (nSPS) is 11.2. The third-order valence-corrected chi connectivity index (χ3v) is 4.25. The van der Waals surface area contributed by atoms with Crippen molar-refractivity contribution in [2.45, 2.75) is 6.54 Å². The van der Waals surface area contributed by atoms with Crippen molar-refractivity contribution in [3.05, 3.63) is 61.9 Å². The highest BCUT2D eigenvalue weighted by Crippen LogP contribution is 2.22. The van der Waals surface area contributed by atoms with Crippen molar-refractivity contribution in [1.29, 1.82) is 0 Å². The van der Waals surface area contributed by atoms with Crippen LogP contribution in [0.5, 0.6) is 0 Å². The Bertz CT molecular complexity index is 854. The summed E-state index contributed by atoms with van der Waals surface area (Å²) in [6.45, 7) is 0.269. The maximum atomic E-state index is 13.7. The van der Waals surface area contributed by atoms with Gasteiger partial charge in [0.1, 0.15) is 11.6 Å². The summed E-state index contributed by atoms with van der Waals surface area (Å²) < 4.78 is 30.1. The van der Waals surface area contributed by atoms with Crippen LogP contribution in [0.25, 0.3) is 11.0 Å². The van der Waals surface area contributed by atoms with Gasteiger partial charge in [0.15, 0.2) is 4.77 Å². The zero-order valence-electron chi connectivity index (χ0n) is 10.2. The van der Waals surface area contributed by atoms with E-state index < -0.39 is 0 Å². The molecule has 102 valence electrons. The lowest BCUT2D eigenvalue weighted by Crippen LogP contribution is -2.02. The number of nitrogens with zero attached hydrogens (tertiary/aromatic N) is 1. The molecule has 20 heavy (non-hydrogen) atoms. The van der Waals surface area contributed by atoms with Crippen molar-refractivity contribution in [2.75, 3.05) is 0 Å². The highest BCUT2D eigenvalue weighted by molar-refractivity contribution is 14.1.